The number of allylic oxidation sites excluding steroid dienone is 1. The standard InChI is InChI=1S/C22H17NO4/c24-22(25)20-15-3-1-2-4-17(15)23-21-14(6-7-16(20)21)11-13-5-8-18-19(12-13)27-10-9-26-18/h1-5,8,11-12H,6-7,9-10H2,(H,24,25)/p-1/b14-11+. The highest BCUT2D eigenvalue weighted by atomic mass is 16.6. The summed E-state index contributed by atoms with van der Waals surface area (Å²) in [6.45, 7) is 1.10. The minimum atomic E-state index is -1.15. The Labute approximate surface area is 155 Å². The van der Waals surface area contributed by atoms with Crippen LogP contribution in [0.25, 0.3) is 22.6 Å². The van der Waals surface area contributed by atoms with Crippen molar-refractivity contribution in [2.75, 3.05) is 13.2 Å². The maximum absolute atomic E-state index is 11.8. The highest BCUT2D eigenvalue weighted by Gasteiger charge is 2.24. The van der Waals surface area contributed by atoms with Gasteiger partial charge in [-0.05, 0) is 53.8 Å². The number of aromatic carboxylic acids is 1. The van der Waals surface area contributed by atoms with Crippen molar-refractivity contribution in [3.63, 3.8) is 0 Å². The summed E-state index contributed by atoms with van der Waals surface area (Å²) in [6.07, 6.45) is 3.44. The van der Waals surface area contributed by atoms with Crippen LogP contribution in [0.2, 0.25) is 0 Å². The Morgan fingerprint density at radius 2 is 1.85 bits per heavy atom. The van der Waals surface area contributed by atoms with Gasteiger partial charge in [0.25, 0.3) is 0 Å². The molecule has 0 bridgehead atoms. The molecule has 1 aromatic heterocycles. The van der Waals surface area contributed by atoms with Crippen LogP contribution in [-0.4, -0.2) is 24.2 Å². The predicted molar refractivity (Wildman–Crippen MR) is 99.7 cm³/mol. The van der Waals surface area contributed by atoms with E-state index in [4.69, 9.17) is 14.5 Å². The zero-order chi connectivity index (χ0) is 18.4. The molecule has 0 fully saturated rings. The van der Waals surface area contributed by atoms with Crippen LogP contribution in [0.5, 0.6) is 11.5 Å². The molecule has 0 spiro atoms. The lowest BCUT2D eigenvalue weighted by atomic mass is 10.0. The van der Waals surface area contributed by atoms with Crippen LogP contribution in [0.15, 0.2) is 42.5 Å². The van der Waals surface area contributed by atoms with Crippen molar-refractivity contribution in [3.8, 4) is 11.5 Å². The molecule has 1 aliphatic heterocycles. The van der Waals surface area contributed by atoms with Gasteiger partial charge in [-0.15, -0.1) is 0 Å². The molecule has 0 N–H and O–H groups in total. The van der Waals surface area contributed by atoms with Crippen LogP contribution in [0.3, 0.4) is 0 Å². The summed E-state index contributed by atoms with van der Waals surface area (Å²) in [5, 5.41) is 12.4. The monoisotopic (exact) mass is 358 g/mol. The number of hydrogen-bond acceptors (Lipinski definition) is 5. The van der Waals surface area contributed by atoms with Crippen LogP contribution in [0.4, 0.5) is 0 Å². The first-order valence-electron chi connectivity index (χ1n) is 8.94. The lowest BCUT2D eigenvalue weighted by Crippen LogP contribution is -2.24. The fourth-order valence-electron chi connectivity index (χ4n) is 3.86. The van der Waals surface area contributed by atoms with E-state index in [1.54, 1.807) is 6.07 Å². The number of ether oxygens (including phenoxy) is 2. The molecule has 0 atom stereocenters. The first-order chi connectivity index (χ1) is 13.2. The van der Waals surface area contributed by atoms with Crippen molar-refractivity contribution in [1.29, 1.82) is 0 Å². The molecule has 0 radical (unpaired) electrons. The van der Waals surface area contributed by atoms with Crippen molar-refractivity contribution in [2.45, 2.75) is 12.8 Å². The van der Waals surface area contributed by atoms with Gasteiger partial charge >= 0.3 is 0 Å². The van der Waals surface area contributed by atoms with Crippen molar-refractivity contribution >= 4 is 28.5 Å². The van der Waals surface area contributed by atoms with E-state index >= 15 is 0 Å². The summed E-state index contributed by atoms with van der Waals surface area (Å²) >= 11 is 0. The number of carbonyl (C=O) groups is 1. The smallest absolute Gasteiger partial charge is 0.161 e. The van der Waals surface area contributed by atoms with Gasteiger partial charge in [0.15, 0.2) is 11.5 Å². The van der Waals surface area contributed by atoms with Gasteiger partial charge in [0, 0.05) is 10.9 Å². The Hall–Kier alpha value is -3.34. The van der Waals surface area contributed by atoms with Gasteiger partial charge in [-0.2, -0.15) is 0 Å². The minimum absolute atomic E-state index is 0.265. The molecule has 2 aromatic carbocycles. The number of hydrogen-bond donors (Lipinski definition) is 0. The maximum Gasteiger partial charge on any atom is 0.161 e. The molecule has 1 aliphatic carbocycles. The second kappa shape index (κ2) is 6.13. The molecule has 5 nitrogen and oxygen atoms in total. The van der Waals surface area contributed by atoms with E-state index in [9.17, 15) is 9.90 Å². The Kier molecular flexibility index (Phi) is 3.60. The van der Waals surface area contributed by atoms with E-state index in [1.165, 1.54) is 0 Å². The van der Waals surface area contributed by atoms with Crippen LogP contribution in [0.1, 0.15) is 33.6 Å². The Morgan fingerprint density at radius 1 is 1.04 bits per heavy atom. The molecule has 5 rings (SSSR count). The number of nitrogens with zero attached hydrogens (tertiary/aromatic N) is 1. The number of carboxylic acids is 1. The van der Waals surface area contributed by atoms with Crippen LogP contribution in [-0.2, 0) is 6.42 Å². The average molecular weight is 358 g/mol. The van der Waals surface area contributed by atoms with E-state index in [1.807, 2.05) is 42.5 Å². The number of fused-ring (bicyclic) bond motifs is 3. The lowest BCUT2D eigenvalue weighted by molar-refractivity contribution is -0.254. The van der Waals surface area contributed by atoms with E-state index in [0.29, 0.717) is 30.5 Å². The van der Waals surface area contributed by atoms with E-state index in [-0.39, 0.29) is 5.56 Å². The number of benzene rings is 2. The van der Waals surface area contributed by atoms with Gasteiger partial charge in [-0.3, -0.25) is 0 Å². The number of carboxylic acid groups (broad SMARTS) is 1. The second-order valence-electron chi connectivity index (χ2n) is 6.69. The maximum atomic E-state index is 11.8. The molecule has 2 heterocycles. The van der Waals surface area contributed by atoms with E-state index in [0.717, 1.165) is 40.3 Å². The summed E-state index contributed by atoms with van der Waals surface area (Å²) < 4.78 is 11.2. The molecule has 0 saturated heterocycles. The fraction of sp³-hybridized carbons (Fsp3) is 0.182. The highest BCUT2D eigenvalue weighted by Crippen LogP contribution is 2.38. The molecule has 0 unspecified atom stereocenters. The highest BCUT2D eigenvalue weighted by molar-refractivity contribution is 6.05. The molecule has 27 heavy (non-hydrogen) atoms. The zero-order valence-electron chi connectivity index (χ0n) is 14.5. The third-order valence-electron chi connectivity index (χ3n) is 5.05. The molecule has 0 amide bonds. The zero-order valence-corrected chi connectivity index (χ0v) is 14.5. The van der Waals surface area contributed by atoms with E-state index < -0.39 is 5.97 Å². The summed E-state index contributed by atoms with van der Waals surface area (Å²) in [5.74, 6) is 0.333. The average Bonchev–Trinajstić information content (AvgIpc) is 3.08. The first kappa shape index (κ1) is 15.9. The van der Waals surface area contributed by atoms with Gasteiger partial charge in [0.05, 0.1) is 17.2 Å². The van der Waals surface area contributed by atoms with Crippen molar-refractivity contribution < 1.29 is 19.4 Å². The minimum Gasteiger partial charge on any atom is -0.545 e. The number of aromatic nitrogens is 1. The quantitative estimate of drug-likeness (QED) is 0.704. The van der Waals surface area contributed by atoms with Gasteiger partial charge < -0.3 is 19.4 Å². The Bertz CT molecular complexity index is 1120. The normalized spacial score (nSPS) is 16.5. The molecular formula is C22H16NO4-. The number of rotatable bonds is 2. The summed E-state index contributed by atoms with van der Waals surface area (Å²) in [5.41, 5.74) is 4.45. The van der Waals surface area contributed by atoms with Crippen LogP contribution >= 0.6 is 0 Å². The van der Waals surface area contributed by atoms with Gasteiger partial charge in [0.1, 0.15) is 13.2 Å². The molecule has 3 aromatic rings. The number of pyridine rings is 1. The first-order valence-corrected chi connectivity index (χ1v) is 8.94. The Balaban J connectivity index is 1.64. The van der Waals surface area contributed by atoms with Gasteiger partial charge in [-0.1, -0.05) is 24.3 Å². The predicted octanol–water partition coefficient (Wildman–Crippen LogP) is 2.86. The lowest BCUT2D eigenvalue weighted by Gasteiger charge is -2.18. The molecular weight excluding hydrogens is 342 g/mol. The van der Waals surface area contributed by atoms with Crippen molar-refractivity contribution in [3.05, 3.63) is 64.8 Å². The Morgan fingerprint density at radius 3 is 2.70 bits per heavy atom. The largest absolute Gasteiger partial charge is 0.545 e. The third-order valence-corrected chi connectivity index (χ3v) is 5.05. The molecule has 2 aliphatic rings. The van der Waals surface area contributed by atoms with Crippen LogP contribution in [0, 0.1) is 0 Å². The van der Waals surface area contributed by atoms with Gasteiger partial charge in [0.2, 0.25) is 0 Å². The topological polar surface area (TPSA) is 71.5 Å². The number of para-hydroxylation sites is 1. The second-order valence-corrected chi connectivity index (χ2v) is 6.69. The molecule has 5 heteroatoms. The number of carbonyl (C=O) groups excluding carboxylic acids is 1. The van der Waals surface area contributed by atoms with Gasteiger partial charge in [-0.25, -0.2) is 4.98 Å². The van der Waals surface area contributed by atoms with Crippen molar-refractivity contribution in [2.24, 2.45) is 0 Å². The third kappa shape index (κ3) is 2.63. The summed E-state index contributed by atoms with van der Waals surface area (Å²) in [4.78, 5) is 16.6. The molecule has 134 valence electrons. The van der Waals surface area contributed by atoms with Crippen LogP contribution < -0.4 is 14.6 Å². The molecule has 0 saturated carbocycles. The summed E-state index contributed by atoms with van der Waals surface area (Å²) in [6, 6.07) is 13.1. The SMILES string of the molecule is O=C([O-])c1c2c(nc3ccccc13)/C(=C/c1ccc3c(c1)OCCO3)CC2. The van der Waals surface area contributed by atoms with Crippen molar-refractivity contribution in [1.82, 2.24) is 4.98 Å². The van der Waals surface area contributed by atoms with E-state index in [2.05, 4.69) is 0 Å². The fourth-order valence-corrected chi connectivity index (χ4v) is 3.86. The summed E-state index contributed by atoms with van der Waals surface area (Å²) in [7, 11) is 0.